The van der Waals surface area contributed by atoms with Crippen molar-refractivity contribution < 1.29 is 9.90 Å². The predicted octanol–water partition coefficient (Wildman–Crippen LogP) is 2.86. The van der Waals surface area contributed by atoms with Crippen molar-refractivity contribution in [3.8, 4) is 6.07 Å². The van der Waals surface area contributed by atoms with Crippen molar-refractivity contribution in [2.75, 3.05) is 5.32 Å². The molecule has 2 N–H and O–H groups in total. The largest absolute Gasteiger partial charge is 0.481 e. The normalized spacial score (nSPS) is 11.7. The molecule has 0 atom stereocenters. The maximum absolute atomic E-state index is 11.3. The van der Waals surface area contributed by atoms with Crippen molar-refractivity contribution in [1.82, 2.24) is 0 Å². The van der Waals surface area contributed by atoms with E-state index < -0.39 is 16.9 Å². The molecule has 0 saturated carbocycles. The summed E-state index contributed by atoms with van der Waals surface area (Å²) in [7, 11) is 0. The van der Waals surface area contributed by atoms with Gasteiger partial charge >= 0.3 is 5.97 Å². The fraction of sp³-hybridized carbons (Fsp3) is 0.429. The van der Waals surface area contributed by atoms with Gasteiger partial charge in [0.1, 0.15) is 0 Å². The zero-order valence-corrected chi connectivity index (χ0v) is 11.1. The lowest BCUT2D eigenvalue weighted by Crippen LogP contribution is -2.50. The number of carboxylic acid groups (broad SMARTS) is 1. The Hall–Kier alpha value is -2.02. The number of aliphatic carboxylic acids is 1. The molecule has 96 valence electrons. The standard InChI is InChI=1S/C14H18N2O2/c1-13(2,12(17)18)14(3,4)16-11-7-5-10(9-15)6-8-11/h5-8,16H,1-4H3,(H,17,18). The number of nitriles is 1. The number of hydrogen-bond acceptors (Lipinski definition) is 3. The zero-order valence-electron chi connectivity index (χ0n) is 11.1. The van der Waals surface area contributed by atoms with Gasteiger partial charge < -0.3 is 10.4 Å². The number of nitrogens with zero attached hydrogens (tertiary/aromatic N) is 1. The van der Waals surface area contributed by atoms with E-state index in [2.05, 4.69) is 5.32 Å². The second-order valence-electron chi connectivity index (χ2n) is 5.37. The zero-order chi connectivity index (χ0) is 14.0. The minimum atomic E-state index is -0.916. The summed E-state index contributed by atoms with van der Waals surface area (Å²) in [5.41, 5.74) is -0.155. The molecule has 0 unspecified atom stereocenters. The molecule has 0 aromatic heterocycles. The van der Waals surface area contributed by atoms with Crippen molar-refractivity contribution >= 4 is 11.7 Å². The molecule has 0 heterocycles. The SMILES string of the molecule is CC(C)(Nc1ccc(C#N)cc1)C(C)(C)C(=O)O. The molecule has 0 fully saturated rings. The third kappa shape index (κ3) is 2.62. The van der Waals surface area contributed by atoms with E-state index in [0.29, 0.717) is 5.56 Å². The van der Waals surface area contributed by atoms with Crippen LogP contribution in [0.25, 0.3) is 0 Å². The molecule has 0 bridgehead atoms. The van der Waals surface area contributed by atoms with Crippen LogP contribution in [0.2, 0.25) is 0 Å². The first-order valence-electron chi connectivity index (χ1n) is 5.72. The molecule has 0 aliphatic carbocycles. The van der Waals surface area contributed by atoms with E-state index >= 15 is 0 Å². The summed E-state index contributed by atoms with van der Waals surface area (Å²) in [4.78, 5) is 11.3. The maximum Gasteiger partial charge on any atom is 0.311 e. The van der Waals surface area contributed by atoms with Crippen molar-refractivity contribution in [2.24, 2.45) is 5.41 Å². The highest BCUT2D eigenvalue weighted by Crippen LogP contribution is 2.33. The van der Waals surface area contributed by atoms with Gasteiger partial charge in [0, 0.05) is 11.2 Å². The quantitative estimate of drug-likeness (QED) is 0.856. The second-order valence-corrected chi connectivity index (χ2v) is 5.37. The molecule has 0 aliphatic rings. The fourth-order valence-electron chi connectivity index (χ4n) is 1.41. The Kier molecular flexibility index (Phi) is 3.66. The number of rotatable bonds is 4. The van der Waals surface area contributed by atoms with Crippen molar-refractivity contribution in [2.45, 2.75) is 33.2 Å². The summed E-state index contributed by atoms with van der Waals surface area (Å²) in [5, 5.41) is 21.2. The number of carbonyl (C=O) groups is 1. The van der Waals surface area contributed by atoms with Gasteiger partial charge in [-0.2, -0.15) is 5.26 Å². The van der Waals surface area contributed by atoms with Crippen LogP contribution in [0.3, 0.4) is 0 Å². The lowest BCUT2D eigenvalue weighted by molar-refractivity contribution is -0.149. The van der Waals surface area contributed by atoms with E-state index in [9.17, 15) is 9.90 Å². The minimum Gasteiger partial charge on any atom is -0.481 e. The van der Waals surface area contributed by atoms with Crippen LogP contribution in [0, 0.1) is 16.7 Å². The van der Waals surface area contributed by atoms with Crippen molar-refractivity contribution in [3.05, 3.63) is 29.8 Å². The maximum atomic E-state index is 11.3. The Morgan fingerprint density at radius 1 is 1.22 bits per heavy atom. The van der Waals surface area contributed by atoms with E-state index in [1.807, 2.05) is 19.9 Å². The van der Waals surface area contributed by atoms with E-state index in [1.54, 1.807) is 38.1 Å². The Labute approximate surface area is 107 Å². The first-order valence-corrected chi connectivity index (χ1v) is 5.72. The van der Waals surface area contributed by atoms with Crippen molar-refractivity contribution in [3.63, 3.8) is 0 Å². The highest BCUT2D eigenvalue weighted by molar-refractivity contribution is 5.76. The van der Waals surface area contributed by atoms with E-state index in [0.717, 1.165) is 5.69 Å². The lowest BCUT2D eigenvalue weighted by Gasteiger charge is -2.39. The molecule has 0 saturated heterocycles. The molecule has 0 radical (unpaired) electrons. The summed E-state index contributed by atoms with van der Waals surface area (Å²) >= 11 is 0. The van der Waals surface area contributed by atoms with Crippen LogP contribution in [0.4, 0.5) is 5.69 Å². The van der Waals surface area contributed by atoms with Gasteiger partial charge in [0.25, 0.3) is 0 Å². The van der Waals surface area contributed by atoms with Crippen LogP contribution in [-0.2, 0) is 4.79 Å². The number of nitrogens with one attached hydrogen (secondary N) is 1. The topological polar surface area (TPSA) is 73.1 Å². The monoisotopic (exact) mass is 246 g/mol. The van der Waals surface area contributed by atoms with Gasteiger partial charge in [0.2, 0.25) is 0 Å². The molecule has 18 heavy (non-hydrogen) atoms. The molecular formula is C14H18N2O2. The van der Waals surface area contributed by atoms with Crippen LogP contribution in [0.15, 0.2) is 24.3 Å². The third-order valence-electron chi connectivity index (χ3n) is 3.57. The summed E-state index contributed by atoms with van der Waals surface area (Å²) in [6.45, 7) is 7.07. The molecule has 4 heteroatoms. The number of hydrogen-bond donors (Lipinski definition) is 2. The van der Waals surface area contributed by atoms with Gasteiger partial charge in [0.15, 0.2) is 0 Å². The highest BCUT2D eigenvalue weighted by Gasteiger charge is 2.43. The number of anilines is 1. The van der Waals surface area contributed by atoms with Crippen LogP contribution in [-0.4, -0.2) is 16.6 Å². The number of carboxylic acids is 1. The van der Waals surface area contributed by atoms with E-state index in [4.69, 9.17) is 5.26 Å². The molecule has 1 aromatic carbocycles. The average Bonchev–Trinajstić information content (AvgIpc) is 2.29. The van der Waals surface area contributed by atoms with Gasteiger partial charge in [-0.1, -0.05) is 0 Å². The fourth-order valence-corrected chi connectivity index (χ4v) is 1.41. The smallest absolute Gasteiger partial charge is 0.311 e. The Morgan fingerprint density at radius 3 is 2.11 bits per heavy atom. The first kappa shape index (κ1) is 14.0. The van der Waals surface area contributed by atoms with Gasteiger partial charge in [-0.05, 0) is 52.0 Å². The summed E-state index contributed by atoms with van der Waals surface area (Å²) < 4.78 is 0. The second kappa shape index (κ2) is 4.69. The molecular weight excluding hydrogens is 228 g/mol. The van der Waals surface area contributed by atoms with Gasteiger partial charge in [0.05, 0.1) is 17.0 Å². The summed E-state index contributed by atoms with van der Waals surface area (Å²) in [6.07, 6.45) is 0. The predicted molar refractivity (Wildman–Crippen MR) is 70.3 cm³/mol. The Bertz CT molecular complexity index is 482. The van der Waals surface area contributed by atoms with Gasteiger partial charge in [-0.25, -0.2) is 0 Å². The molecule has 0 aliphatic heterocycles. The van der Waals surface area contributed by atoms with Crippen LogP contribution in [0.5, 0.6) is 0 Å². The molecule has 4 nitrogen and oxygen atoms in total. The molecule has 0 amide bonds. The lowest BCUT2D eigenvalue weighted by atomic mass is 9.74. The molecule has 1 aromatic rings. The van der Waals surface area contributed by atoms with Crippen LogP contribution < -0.4 is 5.32 Å². The van der Waals surface area contributed by atoms with Crippen molar-refractivity contribution in [1.29, 1.82) is 5.26 Å². The molecule has 1 rings (SSSR count). The number of benzene rings is 1. The third-order valence-corrected chi connectivity index (χ3v) is 3.57. The Balaban J connectivity index is 2.95. The summed E-state index contributed by atoms with van der Waals surface area (Å²) in [6, 6.07) is 9.00. The van der Waals surface area contributed by atoms with E-state index in [-0.39, 0.29) is 0 Å². The summed E-state index contributed by atoms with van der Waals surface area (Å²) in [5.74, 6) is -0.853. The van der Waals surface area contributed by atoms with Gasteiger partial charge in [-0.3, -0.25) is 4.79 Å². The molecule has 0 spiro atoms. The highest BCUT2D eigenvalue weighted by atomic mass is 16.4. The Morgan fingerprint density at radius 2 is 1.72 bits per heavy atom. The average molecular weight is 246 g/mol. The first-order chi connectivity index (χ1) is 8.20. The minimum absolute atomic E-state index is 0.579. The van der Waals surface area contributed by atoms with Gasteiger partial charge in [-0.15, -0.1) is 0 Å². The van der Waals surface area contributed by atoms with Crippen LogP contribution >= 0.6 is 0 Å². The van der Waals surface area contributed by atoms with Crippen LogP contribution in [0.1, 0.15) is 33.3 Å². The van der Waals surface area contributed by atoms with E-state index in [1.165, 1.54) is 0 Å².